The number of imidazole rings is 1. The molecule has 2 heterocycles. The van der Waals surface area contributed by atoms with Crippen LogP contribution in [0.15, 0.2) is 48.7 Å². The van der Waals surface area contributed by atoms with E-state index in [1.54, 1.807) is 0 Å². The Morgan fingerprint density at radius 2 is 1.97 bits per heavy atom. The van der Waals surface area contributed by atoms with Gasteiger partial charge < -0.3 is 14.6 Å². The average Bonchev–Trinajstić information content (AvgIpc) is 3.42. The van der Waals surface area contributed by atoms with Gasteiger partial charge in [-0.1, -0.05) is 39.3 Å². The molecule has 0 aliphatic carbocycles. The molecule has 3 aromatic rings. The molecular weight excluding hydrogens is 413 g/mol. The van der Waals surface area contributed by atoms with E-state index in [1.807, 2.05) is 18.3 Å². The highest BCUT2D eigenvalue weighted by Crippen LogP contribution is 2.27. The second-order valence-electron chi connectivity index (χ2n) is 9.54. The van der Waals surface area contributed by atoms with Crippen LogP contribution in [0.5, 0.6) is 5.75 Å². The topological polar surface area (TPSA) is 39.1 Å². The van der Waals surface area contributed by atoms with E-state index in [0.29, 0.717) is 12.0 Å². The van der Waals surface area contributed by atoms with Crippen molar-refractivity contribution in [1.29, 1.82) is 0 Å². The molecule has 1 aliphatic heterocycles. The minimum atomic E-state index is -0.220. The van der Waals surface area contributed by atoms with Crippen LogP contribution in [0.1, 0.15) is 56.9 Å². The van der Waals surface area contributed by atoms with E-state index in [-0.39, 0.29) is 5.82 Å². The van der Waals surface area contributed by atoms with Crippen molar-refractivity contribution in [1.82, 2.24) is 14.9 Å². The number of ether oxygens (including phenoxy) is 1. The highest BCUT2D eigenvalue weighted by molar-refractivity contribution is 5.56. The molecule has 1 N–H and O–H groups in total. The summed E-state index contributed by atoms with van der Waals surface area (Å²) in [7, 11) is 0. The maximum atomic E-state index is 13.4. The van der Waals surface area contributed by atoms with Crippen LogP contribution in [0.25, 0.3) is 11.4 Å². The van der Waals surface area contributed by atoms with E-state index < -0.39 is 0 Å². The summed E-state index contributed by atoms with van der Waals surface area (Å²) < 4.78 is 21.4. The predicted molar refractivity (Wildman–Crippen MR) is 132 cm³/mol. The minimum absolute atomic E-state index is 0.220. The lowest BCUT2D eigenvalue weighted by atomic mass is 9.96. The largest absolute Gasteiger partial charge is 0.493 e. The maximum Gasteiger partial charge on any atom is 0.140 e. The van der Waals surface area contributed by atoms with Gasteiger partial charge in [0, 0.05) is 31.1 Å². The zero-order valence-electron chi connectivity index (χ0n) is 20.1. The molecule has 1 atom stereocenters. The first kappa shape index (κ1) is 23.5. The number of halogens is 1. The zero-order valence-corrected chi connectivity index (χ0v) is 20.1. The number of fused-ring (bicyclic) bond motifs is 1. The lowest BCUT2D eigenvalue weighted by Crippen LogP contribution is -2.33. The SMILES string of the molecule is CCCCn1c(CNC(Cc2ccc3c(c2)CCO3)CC(C)C)cnc1-c1ccc(F)cc1. The molecule has 1 aromatic heterocycles. The molecule has 0 radical (unpaired) electrons. The second-order valence-corrected chi connectivity index (χ2v) is 9.54. The van der Waals surface area contributed by atoms with Crippen LogP contribution in [0.4, 0.5) is 4.39 Å². The molecule has 176 valence electrons. The molecule has 5 heteroatoms. The van der Waals surface area contributed by atoms with Crippen LogP contribution in [0.2, 0.25) is 0 Å². The number of hydrogen-bond donors (Lipinski definition) is 1. The Bertz CT molecular complexity index is 1040. The van der Waals surface area contributed by atoms with Crippen LogP contribution >= 0.6 is 0 Å². The van der Waals surface area contributed by atoms with Crippen LogP contribution in [0.3, 0.4) is 0 Å². The summed E-state index contributed by atoms with van der Waals surface area (Å²) in [5, 5.41) is 3.82. The van der Waals surface area contributed by atoms with Crippen LogP contribution in [0, 0.1) is 11.7 Å². The molecule has 2 aromatic carbocycles. The number of unbranched alkanes of at least 4 members (excludes halogenated alkanes) is 1. The van der Waals surface area contributed by atoms with E-state index in [4.69, 9.17) is 9.72 Å². The van der Waals surface area contributed by atoms with Gasteiger partial charge in [-0.2, -0.15) is 0 Å². The molecule has 0 fully saturated rings. The molecule has 1 aliphatic rings. The smallest absolute Gasteiger partial charge is 0.140 e. The van der Waals surface area contributed by atoms with Crippen molar-refractivity contribution in [3.63, 3.8) is 0 Å². The summed E-state index contributed by atoms with van der Waals surface area (Å²) in [4.78, 5) is 4.72. The highest BCUT2D eigenvalue weighted by atomic mass is 19.1. The highest BCUT2D eigenvalue weighted by Gasteiger charge is 2.18. The Balaban J connectivity index is 1.50. The van der Waals surface area contributed by atoms with Crippen molar-refractivity contribution < 1.29 is 9.13 Å². The van der Waals surface area contributed by atoms with E-state index in [2.05, 4.69) is 48.9 Å². The molecule has 33 heavy (non-hydrogen) atoms. The van der Waals surface area contributed by atoms with E-state index in [9.17, 15) is 4.39 Å². The molecule has 0 saturated carbocycles. The molecular formula is C28H36FN3O. The second kappa shape index (κ2) is 11.0. The van der Waals surface area contributed by atoms with Gasteiger partial charge in [0.1, 0.15) is 17.4 Å². The first-order valence-corrected chi connectivity index (χ1v) is 12.3. The number of rotatable bonds is 11. The zero-order chi connectivity index (χ0) is 23.2. The van der Waals surface area contributed by atoms with Crippen LogP contribution in [-0.4, -0.2) is 22.2 Å². The third-order valence-electron chi connectivity index (χ3n) is 6.34. The third-order valence-corrected chi connectivity index (χ3v) is 6.34. The van der Waals surface area contributed by atoms with Crippen molar-refractivity contribution in [3.05, 3.63) is 71.3 Å². The van der Waals surface area contributed by atoms with Crippen LogP contribution < -0.4 is 10.1 Å². The van der Waals surface area contributed by atoms with Crippen molar-refractivity contribution in [2.45, 2.75) is 72.0 Å². The van der Waals surface area contributed by atoms with Crippen molar-refractivity contribution in [2.75, 3.05) is 6.61 Å². The van der Waals surface area contributed by atoms with E-state index >= 15 is 0 Å². The summed E-state index contributed by atoms with van der Waals surface area (Å²) in [5.41, 5.74) is 4.83. The third kappa shape index (κ3) is 6.02. The normalized spacial score (nSPS) is 13.8. The van der Waals surface area contributed by atoms with E-state index in [0.717, 1.165) is 68.9 Å². The standard InChI is InChI=1S/C28H36FN3O/c1-4-5-13-32-26(19-31-28(32)22-7-9-24(29)10-8-22)18-30-25(15-20(2)3)17-21-6-11-27-23(16-21)12-14-33-27/h6-11,16,19-20,25,30H,4-5,12-15,17-18H2,1-3H3. The molecule has 1 unspecified atom stereocenters. The average molecular weight is 450 g/mol. The summed E-state index contributed by atoms with van der Waals surface area (Å²) in [6.45, 7) is 9.24. The van der Waals surface area contributed by atoms with Crippen molar-refractivity contribution in [2.24, 2.45) is 5.92 Å². The first-order valence-electron chi connectivity index (χ1n) is 12.3. The predicted octanol–water partition coefficient (Wildman–Crippen LogP) is 6.17. The van der Waals surface area contributed by atoms with Gasteiger partial charge in [0.15, 0.2) is 0 Å². The maximum absolute atomic E-state index is 13.4. The summed E-state index contributed by atoms with van der Waals surface area (Å²) in [6.07, 6.45) is 7.30. The van der Waals surface area contributed by atoms with Crippen LogP contribution in [-0.2, 0) is 25.9 Å². The molecule has 0 saturated heterocycles. The van der Waals surface area contributed by atoms with Crippen molar-refractivity contribution >= 4 is 0 Å². The molecule has 0 spiro atoms. The van der Waals surface area contributed by atoms with Gasteiger partial charge in [-0.05, 0) is 66.6 Å². The van der Waals surface area contributed by atoms with Gasteiger partial charge in [0.25, 0.3) is 0 Å². The fourth-order valence-corrected chi connectivity index (χ4v) is 4.66. The first-order chi connectivity index (χ1) is 16.0. The number of nitrogens with zero attached hydrogens (tertiary/aromatic N) is 2. The number of aromatic nitrogens is 2. The lowest BCUT2D eigenvalue weighted by Gasteiger charge is -2.22. The van der Waals surface area contributed by atoms with Gasteiger partial charge in [0.05, 0.1) is 18.5 Å². The van der Waals surface area contributed by atoms with Gasteiger partial charge >= 0.3 is 0 Å². The molecule has 0 bridgehead atoms. The Kier molecular flexibility index (Phi) is 7.81. The Labute approximate surface area is 197 Å². The minimum Gasteiger partial charge on any atom is -0.493 e. The fourth-order valence-electron chi connectivity index (χ4n) is 4.66. The number of hydrogen-bond acceptors (Lipinski definition) is 3. The van der Waals surface area contributed by atoms with Gasteiger partial charge in [-0.15, -0.1) is 0 Å². The Morgan fingerprint density at radius 3 is 2.73 bits per heavy atom. The van der Waals surface area contributed by atoms with Crippen molar-refractivity contribution in [3.8, 4) is 17.1 Å². The quantitative estimate of drug-likeness (QED) is 0.380. The summed E-state index contributed by atoms with van der Waals surface area (Å²) in [6, 6.07) is 13.7. The fraction of sp³-hybridized carbons (Fsp3) is 0.464. The van der Waals surface area contributed by atoms with Gasteiger partial charge in [0.2, 0.25) is 0 Å². The molecule has 4 nitrogen and oxygen atoms in total. The van der Waals surface area contributed by atoms with Gasteiger partial charge in [-0.3, -0.25) is 0 Å². The Morgan fingerprint density at radius 1 is 1.15 bits per heavy atom. The Hall–Kier alpha value is -2.66. The number of benzene rings is 2. The summed E-state index contributed by atoms with van der Waals surface area (Å²) in [5.74, 6) is 2.35. The molecule has 0 amide bonds. The lowest BCUT2D eigenvalue weighted by molar-refractivity contribution is 0.356. The number of nitrogens with one attached hydrogen (secondary N) is 1. The van der Waals surface area contributed by atoms with Gasteiger partial charge in [-0.25, -0.2) is 9.37 Å². The summed E-state index contributed by atoms with van der Waals surface area (Å²) >= 11 is 0. The van der Waals surface area contributed by atoms with E-state index in [1.165, 1.54) is 29.0 Å². The molecule has 4 rings (SSSR count). The monoisotopic (exact) mass is 449 g/mol.